The summed E-state index contributed by atoms with van der Waals surface area (Å²) < 4.78 is 5.48. The van der Waals surface area contributed by atoms with Crippen LogP contribution in [0, 0.1) is 0 Å². The smallest absolute Gasteiger partial charge is 0.305 e. The molecule has 0 spiro atoms. The number of ether oxygens (including phenoxy) is 1. The number of aliphatic hydroxyl groups excluding tert-OH is 2. The van der Waals surface area contributed by atoms with E-state index in [1.807, 2.05) is 6.08 Å². The lowest BCUT2D eigenvalue weighted by atomic mass is 10.0. The average molecular weight is 917 g/mol. The molecule has 0 heterocycles. The monoisotopic (exact) mass is 916 g/mol. The maximum absolute atomic E-state index is 12.4. The second-order valence-electron chi connectivity index (χ2n) is 20.0. The maximum atomic E-state index is 12.4. The van der Waals surface area contributed by atoms with Crippen molar-refractivity contribution in [3.05, 3.63) is 24.3 Å². The SMILES string of the molecule is CCCCCCCC/C=C\CCCCCCCC(=O)OCCCCCCCCCCCCCCCCCCCCCCCCCC(=O)NC(CO)C(O)/C=C/CCCCCCCCCC. The van der Waals surface area contributed by atoms with Crippen LogP contribution < -0.4 is 5.32 Å². The molecule has 0 aromatic heterocycles. The fourth-order valence-electron chi connectivity index (χ4n) is 8.98. The van der Waals surface area contributed by atoms with Crippen molar-refractivity contribution in [2.45, 2.75) is 328 Å². The Morgan fingerprint density at radius 1 is 0.415 bits per heavy atom. The van der Waals surface area contributed by atoms with Crippen LogP contribution in [0.25, 0.3) is 0 Å². The molecule has 0 aliphatic rings. The molecule has 0 bridgehead atoms. The first-order chi connectivity index (χ1) is 32.0. The molecule has 2 unspecified atom stereocenters. The molecule has 6 nitrogen and oxygen atoms in total. The molecule has 0 aliphatic carbocycles. The van der Waals surface area contributed by atoms with Crippen LogP contribution in [0.2, 0.25) is 0 Å². The van der Waals surface area contributed by atoms with Gasteiger partial charge in [0, 0.05) is 12.8 Å². The van der Waals surface area contributed by atoms with Gasteiger partial charge in [-0.2, -0.15) is 0 Å². The summed E-state index contributed by atoms with van der Waals surface area (Å²) in [6.07, 6.45) is 66.4. The van der Waals surface area contributed by atoms with Crippen molar-refractivity contribution >= 4 is 11.9 Å². The summed E-state index contributed by atoms with van der Waals surface area (Å²) >= 11 is 0. The van der Waals surface area contributed by atoms with Gasteiger partial charge in [-0.3, -0.25) is 9.59 Å². The Balaban J connectivity index is 3.36. The minimum Gasteiger partial charge on any atom is -0.466 e. The van der Waals surface area contributed by atoms with Crippen LogP contribution in [0.4, 0.5) is 0 Å². The number of carbonyl (C=O) groups is 2. The van der Waals surface area contributed by atoms with E-state index in [0.717, 1.165) is 44.9 Å². The number of esters is 1. The van der Waals surface area contributed by atoms with Gasteiger partial charge in [0.1, 0.15) is 0 Å². The molecule has 0 fully saturated rings. The molecule has 0 aromatic carbocycles. The Hall–Kier alpha value is -1.66. The number of carbonyl (C=O) groups excluding carboxylic acids is 2. The van der Waals surface area contributed by atoms with Gasteiger partial charge in [0.05, 0.1) is 25.4 Å². The van der Waals surface area contributed by atoms with E-state index in [9.17, 15) is 19.8 Å². The van der Waals surface area contributed by atoms with Crippen LogP contribution in [0.1, 0.15) is 316 Å². The molecule has 65 heavy (non-hydrogen) atoms. The predicted octanol–water partition coefficient (Wildman–Crippen LogP) is 17.9. The number of amides is 1. The molecule has 6 heteroatoms. The van der Waals surface area contributed by atoms with Gasteiger partial charge in [-0.1, -0.05) is 269 Å². The summed E-state index contributed by atoms with van der Waals surface area (Å²) in [4.78, 5) is 24.4. The molecule has 0 saturated heterocycles. The van der Waals surface area contributed by atoms with E-state index < -0.39 is 12.1 Å². The van der Waals surface area contributed by atoms with Crippen molar-refractivity contribution in [3.8, 4) is 0 Å². The van der Waals surface area contributed by atoms with Crippen LogP contribution in [0.5, 0.6) is 0 Å². The van der Waals surface area contributed by atoms with Gasteiger partial charge < -0.3 is 20.3 Å². The zero-order valence-electron chi connectivity index (χ0n) is 43.7. The van der Waals surface area contributed by atoms with Gasteiger partial charge in [-0.05, 0) is 57.8 Å². The number of unbranched alkanes of at least 4 members (excludes halogenated alkanes) is 41. The zero-order valence-corrected chi connectivity index (χ0v) is 43.7. The molecule has 1 amide bonds. The first-order valence-electron chi connectivity index (χ1n) is 29.1. The average Bonchev–Trinajstić information content (AvgIpc) is 3.31. The zero-order chi connectivity index (χ0) is 47.2. The van der Waals surface area contributed by atoms with Crippen molar-refractivity contribution in [1.29, 1.82) is 0 Å². The van der Waals surface area contributed by atoms with Crippen LogP contribution >= 0.6 is 0 Å². The van der Waals surface area contributed by atoms with Gasteiger partial charge in [-0.15, -0.1) is 0 Å². The molecule has 0 aliphatic heterocycles. The first-order valence-corrected chi connectivity index (χ1v) is 29.1. The van der Waals surface area contributed by atoms with E-state index in [1.165, 1.54) is 244 Å². The summed E-state index contributed by atoms with van der Waals surface area (Å²) in [5, 5.41) is 23.0. The second-order valence-corrected chi connectivity index (χ2v) is 20.0. The van der Waals surface area contributed by atoms with Crippen molar-refractivity contribution < 1.29 is 24.5 Å². The molecular weight excluding hydrogens is 803 g/mol. The Kier molecular flexibility index (Phi) is 53.5. The first kappa shape index (κ1) is 63.3. The third-order valence-electron chi connectivity index (χ3n) is 13.5. The number of nitrogens with one attached hydrogen (secondary N) is 1. The standard InChI is InChI=1S/C59H113NO5/c1-3-5-7-9-11-13-15-16-26-30-33-37-41-45-49-53-59(64)65-54-50-46-42-38-34-31-28-25-23-21-19-17-18-20-22-24-27-29-32-36-40-44-48-52-58(63)60-56(55-61)57(62)51-47-43-39-35-14-12-10-8-6-4-2/h16,26,47,51,56-57,61-62H,3-15,17-25,27-46,48-50,52-55H2,1-2H3,(H,60,63)/b26-16-,51-47+. The van der Waals surface area contributed by atoms with Gasteiger partial charge in [0.2, 0.25) is 5.91 Å². The fourth-order valence-corrected chi connectivity index (χ4v) is 8.98. The molecule has 0 saturated carbocycles. The molecular formula is C59H113NO5. The van der Waals surface area contributed by atoms with E-state index in [-0.39, 0.29) is 18.5 Å². The topological polar surface area (TPSA) is 95.9 Å². The lowest BCUT2D eigenvalue weighted by Gasteiger charge is -2.20. The molecule has 0 aromatic rings. The van der Waals surface area contributed by atoms with E-state index in [4.69, 9.17) is 4.74 Å². The Morgan fingerprint density at radius 3 is 1.09 bits per heavy atom. The Labute approximate surface area is 405 Å². The van der Waals surface area contributed by atoms with Crippen molar-refractivity contribution in [2.24, 2.45) is 0 Å². The molecule has 0 rings (SSSR count). The largest absolute Gasteiger partial charge is 0.466 e. The lowest BCUT2D eigenvalue weighted by Crippen LogP contribution is -2.45. The van der Waals surface area contributed by atoms with Gasteiger partial charge >= 0.3 is 5.97 Å². The van der Waals surface area contributed by atoms with E-state index in [2.05, 4.69) is 31.3 Å². The van der Waals surface area contributed by atoms with Crippen molar-refractivity contribution in [3.63, 3.8) is 0 Å². The number of rotatable bonds is 54. The van der Waals surface area contributed by atoms with E-state index in [0.29, 0.717) is 19.4 Å². The molecule has 2 atom stereocenters. The highest BCUT2D eigenvalue weighted by Crippen LogP contribution is 2.17. The summed E-state index contributed by atoms with van der Waals surface area (Å²) in [5.74, 6) is -0.0630. The third kappa shape index (κ3) is 51.6. The maximum Gasteiger partial charge on any atom is 0.305 e. The highest BCUT2D eigenvalue weighted by Gasteiger charge is 2.18. The van der Waals surface area contributed by atoms with Gasteiger partial charge in [0.25, 0.3) is 0 Å². The quantitative estimate of drug-likeness (QED) is 0.0321. The van der Waals surface area contributed by atoms with E-state index >= 15 is 0 Å². The number of allylic oxidation sites excluding steroid dienone is 3. The molecule has 384 valence electrons. The van der Waals surface area contributed by atoms with E-state index in [1.54, 1.807) is 6.08 Å². The summed E-state index contributed by atoms with van der Waals surface area (Å²) in [5.41, 5.74) is 0. The fraction of sp³-hybridized carbons (Fsp3) is 0.898. The van der Waals surface area contributed by atoms with Crippen LogP contribution in [-0.4, -0.2) is 47.4 Å². The number of hydrogen-bond acceptors (Lipinski definition) is 5. The van der Waals surface area contributed by atoms with Crippen molar-refractivity contribution in [1.82, 2.24) is 5.32 Å². The van der Waals surface area contributed by atoms with Gasteiger partial charge in [0.15, 0.2) is 0 Å². The Morgan fingerprint density at radius 2 is 0.723 bits per heavy atom. The minimum absolute atomic E-state index is 0.00586. The van der Waals surface area contributed by atoms with Crippen LogP contribution in [0.15, 0.2) is 24.3 Å². The minimum atomic E-state index is -0.842. The summed E-state index contributed by atoms with van der Waals surface area (Å²) in [6, 6.07) is -0.625. The summed E-state index contributed by atoms with van der Waals surface area (Å²) in [7, 11) is 0. The highest BCUT2D eigenvalue weighted by atomic mass is 16.5. The normalized spacial score (nSPS) is 12.7. The lowest BCUT2D eigenvalue weighted by molar-refractivity contribution is -0.143. The predicted molar refractivity (Wildman–Crippen MR) is 283 cm³/mol. The second kappa shape index (κ2) is 54.9. The summed E-state index contributed by atoms with van der Waals surface area (Å²) in [6.45, 7) is 4.88. The van der Waals surface area contributed by atoms with Crippen molar-refractivity contribution in [2.75, 3.05) is 13.2 Å². The molecule has 3 N–H and O–H groups in total. The number of aliphatic hydroxyl groups is 2. The van der Waals surface area contributed by atoms with Crippen LogP contribution in [0.3, 0.4) is 0 Å². The molecule has 0 radical (unpaired) electrons. The Bertz CT molecular complexity index is 1010. The highest BCUT2D eigenvalue weighted by molar-refractivity contribution is 5.76. The third-order valence-corrected chi connectivity index (χ3v) is 13.5. The number of hydrogen-bond donors (Lipinski definition) is 3. The van der Waals surface area contributed by atoms with Gasteiger partial charge in [-0.25, -0.2) is 0 Å². The van der Waals surface area contributed by atoms with Crippen LogP contribution in [-0.2, 0) is 14.3 Å².